The Morgan fingerprint density at radius 2 is 1.55 bits per heavy atom. The fourth-order valence-corrected chi connectivity index (χ4v) is 1.95. The zero-order valence-corrected chi connectivity index (χ0v) is 11.2. The molecule has 0 amide bonds. The number of hydrogen-bond acceptors (Lipinski definition) is 2. The molecular formula is C16H11ClO3. The molecule has 0 bridgehead atoms. The lowest BCUT2D eigenvalue weighted by Crippen LogP contribution is -2.06. The summed E-state index contributed by atoms with van der Waals surface area (Å²) in [6.07, 6.45) is 2.90. The van der Waals surface area contributed by atoms with Crippen molar-refractivity contribution < 1.29 is 14.7 Å². The normalized spacial score (nSPS) is 10.7. The minimum absolute atomic E-state index is 0.0127. The Hall–Kier alpha value is -2.39. The standard InChI is InChI=1S/C16H11ClO3/c17-14-8-4-1-5-11(14)9-10-15(18)12-6-2-3-7-13(12)16(19)20/h1-10H,(H,19,20)/b10-9+. The number of rotatable bonds is 4. The maximum atomic E-state index is 12.1. The van der Waals surface area contributed by atoms with Gasteiger partial charge in [0.1, 0.15) is 0 Å². The van der Waals surface area contributed by atoms with Crippen LogP contribution in [-0.4, -0.2) is 16.9 Å². The van der Waals surface area contributed by atoms with E-state index in [0.717, 1.165) is 0 Å². The van der Waals surface area contributed by atoms with Gasteiger partial charge >= 0.3 is 5.97 Å². The second kappa shape index (κ2) is 6.17. The van der Waals surface area contributed by atoms with Gasteiger partial charge in [0.25, 0.3) is 0 Å². The third kappa shape index (κ3) is 3.13. The zero-order chi connectivity index (χ0) is 14.5. The Bertz CT molecular complexity index is 690. The number of carbonyl (C=O) groups is 2. The number of carbonyl (C=O) groups excluding carboxylic acids is 1. The highest BCUT2D eigenvalue weighted by molar-refractivity contribution is 6.32. The summed E-state index contributed by atoms with van der Waals surface area (Å²) in [6, 6.07) is 13.2. The third-order valence-electron chi connectivity index (χ3n) is 2.74. The van der Waals surface area contributed by atoms with Gasteiger partial charge in [-0.15, -0.1) is 0 Å². The number of carboxylic acids is 1. The fraction of sp³-hybridized carbons (Fsp3) is 0. The molecule has 0 saturated carbocycles. The van der Waals surface area contributed by atoms with E-state index in [1.165, 1.54) is 18.2 Å². The maximum absolute atomic E-state index is 12.1. The Labute approximate surface area is 121 Å². The highest BCUT2D eigenvalue weighted by Crippen LogP contribution is 2.17. The van der Waals surface area contributed by atoms with Gasteiger partial charge in [-0.05, 0) is 29.8 Å². The van der Waals surface area contributed by atoms with Crippen LogP contribution >= 0.6 is 11.6 Å². The summed E-state index contributed by atoms with van der Waals surface area (Å²) in [7, 11) is 0. The van der Waals surface area contributed by atoms with Crippen molar-refractivity contribution in [3.63, 3.8) is 0 Å². The van der Waals surface area contributed by atoms with Crippen molar-refractivity contribution in [2.75, 3.05) is 0 Å². The molecule has 0 aliphatic rings. The van der Waals surface area contributed by atoms with E-state index < -0.39 is 5.97 Å². The fourth-order valence-electron chi connectivity index (χ4n) is 1.75. The Morgan fingerprint density at radius 1 is 0.950 bits per heavy atom. The number of aromatic carboxylic acids is 1. The molecule has 4 heteroatoms. The lowest BCUT2D eigenvalue weighted by Gasteiger charge is -2.01. The Morgan fingerprint density at radius 3 is 2.20 bits per heavy atom. The monoisotopic (exact) mass is 286 g/mol. The molecule has 0 fully saturated rings. The molecule has 2 rings (SSSR count). The van der Waals surface area contributed by atoms with Gasteiger partial charge in [0, 0.05) is 10.6 Å². The first-order valence-corrected chi connectivity index (χ1v) is 6.26. The topological polar surface area (TPSA) is 54.4 Å². The maximum Gasteiger partial charge on any atom is 0.336 e. The van der Waals surface area contributed by atoms with Crippen LogP contribution in [-0.2, 0) is 0 Å². The lowest BCUT2D eigenvalue weighted by molar-refractivity contribution is 0.0693. The summed E-state index contributed by atoms with van der Waals surface area (Å²) in [5.74, 6) is -1.50. The van der Waals surface area contributed by atoms with E-state index in [-0.39, 0.29) is 16.9 Å². The molecule has 100 valence electrons. The predicted molar refractivity (Wildman–Crippen MR) is 78.2 cm³/mol. The highest BCUT2D eigenvalue weighted by Gasteiger charge is 2.13. The largest absolute Gasteiger partial charge is 0.478 e. The van der Waals surface area contributed by atoms with Crippen molar-refractivity contribution in [2.45, 2.75) is 0 Å². The van der Waals surface area contributed by atoms with Crippen LogP contribution < -0.4 is 0 Å². The first-order chi connectivity index (χ1) is 9.59. The summed E-state index contributed by atoms with van der Waals surface area (Å²) in [6.45, 7) is 0. The molecule has 2 aromatic carbocycles. The van der Waals surface area contributed by atoms with Crippen LogP contribution in [0.2, 0.25) is 5.02 Å². The van der Waals surface area contributed by atoms with Crippen LogP contribution in [0.5, 0.6) is 0 Å². The summed E-state index contributed by atoms with van der Waals surface area (Å²) in [5.41, 5.74) is 0.847. The molecule has 2 aromatic rings. The van der Waals surface area contributed by atoms with Gasteiger partial charge < -0.3 is 5.11 Å². The molecule has 0 heterocycles. The molecule has 0 aliphatic heterocycles. The van der Waals surface area contributed by atoms with E-state index in [2.05, 4.69) is 0 Å². The minimum atomic E-state index is -1.12. The first kappa shape index (κ1) is 14.0. The van der Waals surface area contributed by atoms with Gasteiger partial charge in [-0.3, -0.25) is 4.79 Å². The molecule has 0 spiro atoms. The van der Waals surface area contributed by atoms with Crippen LogP contribution in [0.25, 0.3) is 6.08 Å². The molecule has 0 radical (unpaired) electrons. The summed E-state index contributed by atoms with van der Waals surface area (Å²) >= 11 is 5.98. The van der Waals surface area contributed by atoms with Gasteiger partial charge in [-0.25, -0.2) is 4.79 Å². The average Bonchev–Trinajstić information content (AvgIpc) is 2.46. The van der Waals surface area contributed by atoms with E-state index in [1.54, 1.807) is 42.5 Å². The van der Waals surface area contributed by atoms with Gasteiger partial charge in [0.2, 0.25) is 0 Å². The Balaban J connectivity index is 2.30. The van der Waals surface area contributed by atoms with E-state index in [4.69, 9.17) is 16.7 Å². The Kier molecular flexibility index (Phi) is 4.33. The van der Waals surface area contributed by atoms with Crippen molar-refractivity contribution in [1.82, 2.24) is 0 Å². The van der Waals surface area contributed by atoms with Crippen LogP contribution in [0.3, 0.4) is 0 Å². The molecule has 0 aromatic heterocycles. The second-order valence-corrected chi connectivity index (χ2v) is 4.48. The molecule has 0 aliphatic carbocycles. The molecular weight excluding hydrogens is 276 g/mol. The van der Waals surface area contributed by atoms with Crippen molar-refractivity contribution in [3.8, 4) is 0 Å². The van der Waals surface area contributed by atoms with Crippen LogP contribution in [0.4, 0.5) is 0 Å². The number of allylic oxidation sites excluding steroid dienone is 1. The van der Waals surface area contributed by atoms with Crippen molar-refractivity contribution in [2.24, 2.45) is 0 Å². The quantitative estimate of drug-likeness (QED) is 0.684. The minimum Gasteiger partial charge on any atom is -0.478 e. The zero-order valence-electron chi connectivity index (χ0n) is 10.4. The van der Waals surface area contributed by atoms with Crippen molar-refractivity contribution >= 4 is 29.4 Å². The molecule has 0 atom stereocenters. The van der Waals surface area contributed by atoms with Crippen molar-refractivity contribution in [1.29, 1.82) is 0 Å². The number of halogens is 1. The van der Waals surface area contributed by atoms with Crippen molar-refractivity contribution in [3.05, 3.63) is 76.3 Å². The summed E-state index contributed by atoms with van der Waals surface area (Å²) < 4.78 is 0. The van der Waals surface area contributed by atoms with E-state index in [1.807, 2.05) is 0 Å². The molecule has 3 nitrogen and oxygen atoms in total. The molecule has 0 unspecified atom stereocenters. The van der Waals surface area contributed by atoms with E-state index in [0.29, 0.717) is 10.6 Å². The highest BCUT2D eigenvalue weighted by atomic mass is 35.5. The molecule has 20 heavy (non-hydrogen) atoms. The first-order valence-electron chi connectivity index (χ1n) is 5.89. The van der Waals surface area contributed by atoms with Gasteiger partial charge in [-0.1, -0.05) is 48.0 Å². The van der Waals surface area contributed by atoms with Crippen LogP contribution in [0.1, 0.15) is 26.3 Å². The number of benzene rings is 2. The smallest absolute Gasteiger partial charge is 0.336 e. The van der Waals surface area contributed by atoms with Crippen LogP contribution in [0, 0.1) is 0 Å². The number of ketones is 1. The average molecular weight is 287 g/mol. The summed E-state index contributed by atoms with van der Waals surface area (Å²) in [5, 5.41) is 9.58. The second-order valence-electron chi connectivity index (χ2n) is 4.07. The van der Waals surface area contributed by atoms with E-state index in [9.17, 15) is 9.59 Å². The van der Waals surface area contributed by atoms with Gasteiger partial charge in [-0.2, -0.15) is 0 Å². The SMILES string of the molecule is O=C(O)c1ccccc1C(=O)/C=C/c1ccccc1Cl. The number of hydrogen-bond donors (Lipinski definition) is 1. The lowest BCUT2D eigenvalue weighted by atomic mass is 10.0. The number of carboxylic acid groups (broad SMARTS) is 1. The summed E-state index contributed by atoms with van der Waals surface area (Å²) in [4.78, 5) is 23.1. The third-order valence-corrected chi connectivity index (χ3v) is 3.09. The van der Waals surface area contributed by atoms with Crippen LogP contribution in [0.15, 0.2) is 54.6 Å². The molecule has 0 saturated heterocycles. The van der Waals surface area contributed by atoms with E-state index >= 15 is 0 Å². The molecule has 1 N–H and O–H groups in total. The van der Waals surface area contributed by atoms with Gasteiger partial charge in [0.05, 0.1) is 5.56 Å². The predicted octanol–water partition coefficient (Wildman–Crippen LogP) is 3.93. The van der Waals surface area contributed by atoms with Gasteiger partial charge in [0.15, 0.2) is 5.78 Å².